The number of carbonyl (C=O) groups is 1. The number of hydrogen-bond acceptors (Lipinski definition) is 4. The number of aromatic carboxylic acids is 1. The van der Waals surface area contributed by atoms with Gasteiger partial charge in [0, 0.05) is 4.90 Å². The molecule has 15 heavy (non-hydrogen) atoms. The van der Waals surface area contributed by atoms with E-state index < -0.39 is 5.97 Å². The molecule has 4 nitrogen and oxygen atoms in total. The average molecular weight is 228 g/mol. The highest BCUT2D eigenvalue weighted by molar-refractivity contribution is 7.98. The van der Waals surface area contributed by atoms with E-state index in [0.717, 1.165) is 0 Å². The van der Waals surface area contributed by atoms with Crippen LogP contribution in [-0.4, -0.2) is 31.6 Å². The highest BCUT2D eigenvalue weighted by Crippen LogP contribution is 2.34. The molecule has 0 radical (unpaired) electrons. The highest BCUT2D eigenvalue weighted by Gasteiger charge is 2.15. The molecule has 1 N–H and O–H groups in total. The molecule has 0 aromatic heterocycles. The summed E-state index contributed by atoms with van der Waals surface area (Å²) in [5, 5.41) is 8.97. The number of benzene rings is 1. The Morgan fingerprint density at radius 2 is 1.80 bits per heavy atom. The number of rotatable bonds is 4. The summed E-state index contributed by atoms with van der Waals surface area (Å²) in [6.07, 6.45) is 1.81. The molecule has 0 bridgehead atoms. The Balaban J connectivity index is 3.34. The summed E-state index contributed by atoms with van der Waals surface area (Å²) in [6, 6.07) is 3.12. The Morgan fingerprint density at radius 3 is 2.20 bits per heavy atom. The lowest BCUT2D eigenvalue weighted by atomic mass is 10.2. The lowest BCUT2D eigenvalue weighted by Crippen LogP contribution is -2.01. The van der Waals surface area contributed by atoms with Gasteiger partial charge >= 0.3 is 5.97 Å². The van der Waals surface area contributed by atoms with Crippen LogP contribution in [0.4, 0.5) is 0 Å². The van der Waals surface area contributed by atoms with Crippen molar-refractivity contribution in [2.75, 3.05) is 20.5 Å². The van der Waals surface area contributed by atoms with Crippen molar-refractivity contribution in [2.24, 2.45) is 0 Å². The van der Waals surface area contributed by atoms with E-state index in [2.05, 4.69) is 0 Å². The zero-order valence-electron chi connectivity index (χ0n) is 8.73. The fourth-order valence-corrected chi connectivity index (χ4v) is 1.79. The van der Waals surface area contributed by atoms with Gasteiger partial charge in [-0.05, 0) is 18.4 Å². The first kappa shape index (κ1) is 11.7. The number of ether oxygens (including phenoxy) is 2. The molecule has 5 heteroatoms. The van der Waals surface area contributed by atoms with Crippen molar-refractivity contribution in [1.29, 1.82) is 0 Å². The van der Waals surface area contributed by atoms with Gasteiger partial charge in [0.15, 0.2) is 11.5 Å². The lowest BCUT2D eigenvalue weighted by Gasteiger charge is -2.11. The van der Waals surface area contributed by atoms with E-state index >= 15 is 0 Å². The van der Waals surface area contributed by atoms with Crippen LogP contribution in [0.1, 0.15) is 10.4 Å². The van der Waals surface area contributed by atoms with Gasteiger partial charge in [-0.25, -0.2) is 4.79 Å². The van der Waals surface area contributed by atoms with Crippen LogP contribution in [-0.2, 0) is 0 Å². The van der Waals surface area contributed by atoms with E-state index in [1.165, 1.54) is 32.0 Å². The molecule has 0 aliphatic heterocycles. The van der Waals surface area contributed by atoms with Crippen molar-refractivity contribution < 1.29 is 19.4 Å². The maximum atomic E-state index is 10.9. The quantitative estimate of drug-likeness (QED) is 0.800. The van der Waals surface area contributed by atoms with Crippen LogP contribution in [0, 0.1) is 0 Å². The van der Waals surface area contributed by atoms with Gasteiger partial charge in [0.1, 0.15) is 0 Å². The minimum Gasteiger partial charge on any atom is -0.493 e. The number of carboxylic acid groups (broad SMARTS) is 1. The summed E-state index contributed by atoms with van der Waals surface area (Å²) in [7, 11) is 2.99. The van der Waals surface area contributed by atoms with Gasteiger partial charge in [-0.3, -0.25) is 0 Å². The molecule has 0 saturated carbocycles. The summed E-state index contributed by atoms with van der Waals surface area (Å²) >= 11 is 1.36. The summed E-state index contributed by atoms with van der Waals surface area (Å²) in [4.78, 5) is 11.6. The second-order valence-electron chi connectivity index (χ2n) is 2.71. The Kier molecular flexibility index (Phi) is 3.85. The Bertz CT molecular complexity index is 376. The van der Waals surface area contributed by atoms with E-state index in [1.54, 1.807) is 6.07 Å². The summed E-state index contributed by atoms with van der Waals surface area (Å²) < 4.78 is 10.1. The molecule has 0 fully saturated rings. The molecule has 0 aliphatic carbocycles. The molecule has 0 aliphatic rings. The van der Waals surface area contributed by atoms with Gasteiger partial charge < -0.3 is 14.6 Å². The Labute approximate surface area is 92.2 Å². The predicted octanol–water partition coefficient (Wildman–Crippen LogP) is 2.12. The third-order valence-corrected chi connectivity index (χ3v) is 2.71. The van der Waals surface area contributed by atoms with Gasteiger partial charge in [-0.15, -0.1) is 11.8 Å². The molecule has 1 aromatic rings. The molecule has 1 rings (SSSR count). The number of carboxylic acids is 1. The summed E-state index contributed by atoms with van der Waals surface area (Å²) in [5.41, 5.74) is 0.222. The van der Waals surface area contributed by atoms with E-state index in [1.807, 2.05) is 6.26 Å². The monoisotopic (exact) mass is 228 g/mol. The minimum absolute atomic E-state index is 0.222. The Hall–Kier alpha value is -1.36. The smallest absolute Gasteiger partial charge is 0.336 e. The zero-order valence-corrected chi connectivity index (χ0v) is 9.55. The molecule has 0 saturated heterocycles. The van der Waals surface area contributed by atoms with E-state index in [-0.39, 0.29) is 5.56 Å². The molecule has 82 valence electrons. The third-order valence-electron chi connectivity index (χ3n) is 1.94. The van der Waals surface area contributed by atoms with E-state index in [9.17, 15) is 4.79 Å². The van der Waals surface area contributed by atoms with Gasteiger partial charge in [0.25, 0.3) is 0 Å². The molecular weight excluding hydrogens is 216 g/mol. The normalized spacial score (nSPS) is 9.80. The summed E-state index contributed by atoms with van der Waals surface area (Å²) in [6.45, 7) is 0. The molecule has 0 unspecified atom stereocenters. The molecular formula is C10H12O4S. The second-order valence-corrected chi connectivity index (χ2v) is 3.56. The molecule has 0 spiro atoms. The standard InChI is InChI=1S/C10H12O4S/c1-13-7-4-6(10(11)12)9(15-3)5-8(7)14-2/h4-5H,1-3H3,(H,11,12). The summed E-state index contributed by atoms with van der Waals surface area (Å²) in [5.74, 6) is -0.0140. The SMILES string of the molecule is COc1cc(SC)c(C(=O)O)cc1OC. The van der Waals surface area contributed by atoms with Crippen LogP contribution in [0.25, 0.3) is 0 Å². The van der Waals surface area contributed by atoms with Crippen molar-refractivity contribution in [3.63, 3.8) is 0 Å². The highest BCUT2D eigenvalue weighted by atomic mass is 32.2. The van der Waals surface area contributed by atoms with Crippen LogP contribution >= 0.6 is 11.8 Å². The Morgan fingerprint density at radius 1 is 1.27 bits per heavy atom. The maximum Gasteiger partial charge on any atom is 0.336 e. The number of hydrogen-bond donors (Lipinski definition) is 1. The third kappa shape index (κ3) is 2.36. The van der Waals surface area contributed by atoms with Gasteiger partial charge in [-0.1, -0.05) is 0 Å². The van der Waals surface area contributed by atoms with E-state index in [0.29, 0.717) is 16.4 Å². The molecule has 0 atom stereocenters. The second kappa shape index (κ2) is 4.93. The lowest BCUT2D eigenvalue weighted by molar-refractivity contribution is 0.0692. The van der Waals surface area contributed by atoms with Crippen molar-refractivity contribution in [3.05, 3.63) is 17.7 Å². The fourth-order valence-electron chi connectivity index (χ4n) is 1.20. The fraction of sp³-hybridized carbons (Fsp3) is 0.300. The van der Waals surface area contributed by atoms with Crippen LogP contribution in [0.2, 0.25) is 0 Å². The molecule has 0 amide bonds. The van der Waals surface area contributed by atoms with E-state index in [4.69, 9.17) is 14.6 Å². The van der Waals surface area contributed by atoms with Crippen LogP contribution < -0.4 is 9.47 Å². The molecule has 0 heterocycles. The van der Waals surface area contributed by atoms with Crippen molar-refractivity contribution in [2.45, 2.75) is 4.90 Å². The van der Waals surface area contributed by atoms with Crippen LogP contribution in [0.3, 0.4) is 0 Å². The van der Waals surface area contributed by atoms with Gasteiger partial charge in [0.2, 0.25) is 0 Å². The number of thioether (sulfide) groups is 1. The van der Waals surface area contributed by atoms with Crippen molar-refractivity contribution in [3.8, 4) is 11.5 Å². The van der Waals surface area contributed by atoms with Crippen LogP contribution in [0.5, 0.6) is 11.5 Å². The topological polar surface area (TPSA) is 55.8 Å². The first-order valence-corrected chi connectivity index (χ1v) is 5.39. The van der Waals surface area contributed by atoms with Gasteiger partial charge in [0.05, 0.1) is 19.8 Å². The minimum atomic E-state index is -0.972. The van der Waals surface area contributed by atoms with Crippen molar-refractivity contribution in [1.82, 2.24) is 0 Å². The first-order chi connectivity index (χ1) is 7.13. The van der Waals surface area contributed by atoms with Crippen LogP contribution in [0.15, 0.2) is 17.0 Å². The number of methoxy groups -OCH3 is 2. The first-order valence-electron chi connectivity index (χ1n) is 4.17. The molecule has 1 aromatic carbocycles. The zero-order chi connectivity index (χ0) is 11.4. The maximum absolute atomic E-state index is 10.9. The predicted molar refractivity (Wildman–Crippen MR) is 58.3 cm³/mol. The van der Waals surface area contributed by atoms with Gasteiger partial charge in [-0.2, -0.15) is 0 Å². The van der Waals surface area contributed by atoms with Crippen molar-refractivity contribution >= 4 is 17.7 Å². The average Bonchev–Trinajstić information content (AvgIpc) is 2.26. The largest absolute Gasteiger partial charge is 0.493 e.